The summed E-state index contributed by atoms with van der Waals surface area (Å²) in [7, 11) is 0. The SMILES string of the molecule is CCc1ccc(-c2nnc(C(C)Cl)o2)cc1. The lowest BCUT2D eigenvalue weighted by Gasteiger charge is -1.98. The molecule has 0 saturated carbocycles. The van der Waals surface area contributed by atoms with Crippen molar-refractivity contribution in [2.24, 2.45) is 0 Å². The van der Waals surface area contributed by atoms with E-state index in [0.717, 1.165) is 12.0 Å². The van der Waals surface area contributed by atoms with Crippen molar-refractivity contribution in [3.05, 3.63) is 35.7 Å². The molecule has 16 heavy (non-hydrogen) atoms. The molecule has 0 amide bonds. The van der Waals surface area contributed by atoms with Crippen LogP contribution in [0.4, 0.5) is 0 Å². The average Bonchev–Trinajstić information content (AvgIpc) is 2.78. The largest absolute Gasteiger partial charge is 0.419 e. The van der Waals surface area contributed by atoms with E-state index in [0.29, 0.717) is 11.8 Å². The first-order valence-electron chi connectivity index (χ1n) is 5.27. The fourth-order valence-corrected chi connectivity index (χ4v) is 1.48. The van der Waals surface area contributed by atoms with Gasteiger partial charge in [0.25, 0.3) is 0 Å². The van der Waals surface area contributed by atoms with Crippen molar-refractivity contribution in [3.63, 3.8) is 0 Å². The maximum Gasteiger partial charge on any atom is 0.247 e. The number of hydrogen-bond donors (Lipinski definition) is 0. The van der Waals surface area contributed by atoms with Crippen LogP contribution in [0.1, 0.15) is 30.7 Å². The van der Waals surface area contributed by atoms with Crippen molar-refractivity contribution in [1.29, 1.82) is 0 Å². The molecule has 0 bridgehead atoms. The third kappa shape index (κ3) is 2.25. The second-order valence-corrected chi connectivity index (χ2v) is 4.27. The molecule has 1 heterocycles. The number of benzene rings is 1. The highest BCUT2D eigenvalue weighted by molar-refractivity contribution is 6.20. The standard InChI is InChI=1S/C12H13ClN2O/c1-3-9-4-6-10(7-5-9)12-15-14-11(16-12)8(2)13/h4-8H,3H2,1-2H3. The van der Waals surface area contributed by atoms with Crippen LogP contribution < -0.4 is 0 Å². The molecule has 0 spiro atoms. The maximum atomic E-state index is 5.86. The lowest BCUT2D eigenvalue weighted by atomic mass is 10.1. The number of aromatic nitrogens is 2. The van der Waals surface area contributed by atoms with Gasteiger partial charge in [-0.15, -0.1) is 21.8 Å². The second kappa shape index (κ2) is 4.66. The van der Waals surface area contributed by atoms with Gasteiger partial charge in [0.2, 0.25) is 11.8 Å². The molecule has 0 saturated heterocycles. The molecule has 3 nitrogen and oxygen atoms in total. The van der Waals surface area contributed by atoms with Gasteiger partial charge in [-0.05, 0) is 31.0 Å². The summed E-state index contributed by atoms with van der Waals surface area (Å²) in [5.74, 6) is 0.974. The predicted octanol–water partition coefficient (Wildman–Crippen LogP) is 3.60. The molecule has 2 rings (SSSR count). The summed E-state index contributed by atoms with van der Waals surface area (Å²) in [5, 5.41) is 7.59. The summed E-state index contributed by atoms with van der Waals surface area (Å²) < 4.78 is 5.45. The van der Waals surface area contributed by atoms with E-state index in [1.54, 1.807) is 6.92 Å². The fourth-order valence-electron chi connectivity index (χ4n) is 1.40. The Bertz CT molecular complexity index is 462. The molecule has 1 atom stereocenters. The van der Waals surface area contributed by atoms with Crippen molar-refractivity contribution < 1.29 is 4.42 Å². The Labute approximate surface area is 99.5 Å². The zero-order valence-electron chi connectivity index (χ0n) is 9.27. The fraction of sp³-hybridized carbons (Fsp3) is 0.333. The van der Waals surface area contributed by atoms with E-state index in [9.17, 15) is 0 Å². The minimum absolute atomic E-state index is 0.254. The van der Waals surface area contributed by atoms with E-state index in [4.69, 9.17) is 16.0 Å². The van der Waals surface area contributed by atoms with Crippen LogP contribution in [-0.2, 0) is 6.42 Å². The van der Waals surface area contributed by atoms with Gasteiger partial charge < -0.3 is 4.42 Å². The van der Waals surface area contributed by atoms with Crippen LogP contribution in [0.25, 0.3) is 11.5 Å². The van der Waals surface area contributed by atoms with Crippen LogP contribution in [0.5, 0.6) is 0 Å². The Morgan fingerprint density at radius 1 is 1.25 bits per heavy atom. The molecule has 0 aliphatic heterocycles. The van der Waals surface area contributed by atoms with Crippen LogP contribution in [0, 0.1) is 0 Å². The number of nitrogens with zero attached hydrogens (tertiary/aromatic N) is 2. The van der Waals surface area contributed by atoms with Crippen LogP contribution in [0.3, 0.4) is 0 Å². The van der Waals surface area contributed by atoms with Crippen LogP contribution in [0.2, 0.25) is 0 Å². The molecule has 84 valence electrons. The Kier molecular flexibility index (Phi) is 3.25. The molecule has 0 radical (unpaired) electrons. The molecule has 1 unspecified atom stereocenters. The Balaban J connectivity index is 2.28. The van der Waals surface area contributed by atoms with E-state index in [1.165, 1.54) is 5.56 Å². The first-order valence-corrected chi connectivity index (χ1v) is 5.71. The first kappa shape index (κ1) is 11.1. The summed E-state index contributed by atoms with van der Waals surface area (Å²) >= 11 is 5.86. The quantitative estimate of drug-likeness (QED) is 0.765. The van der Waals surface area contributed by atoms with E-state index in [2.05, 4.69) is 29.3 Å². The first-order chi connectivity index (χ1) is 7.70. The van der Waals surface area contributed by atoms with E-state index in [1.807, 2.05) is 12.1 Å². The molecule has 0 N–H and O–H groups in total. The van der Waals surface area contributed by atoms with Gasteiger partial charge >= 0.3 is 0 Å². The molecule has 1 aromatic heterocycles. The second-order valence-electron chi connectivity index (χ2n) is 3.61. The third-order valence-corrected chi connectivity index (χ3v) is 2.58. The molecule has 1 aromatic carbocycles. The van der Waals surface area contributed by atoms with Crippen molar-refractivity contribution in [3.8, 4) is 11.5 Å². The van der Waals surface area contributed by atoms with E-state index in [-0.39, 0.29) is 5.38 Å². The summed E-state index contributed by atoms with van der Waals surface area (Å²) in [4.78, 5) is 0. The topological polar surface area (TPSA) is 38.9 Å². The van der Waals surface area contributed by atoms with Gasteiger partial charge in [0, 0.05) is 5.56 Å². The monoisotopic (exact) mass is 236 g/mol. The van der Waals surface area contributed by atoms with Gasteiger partial charge in [-0.25, -0.2) is 0 Å². The molecule has 0 fully saturated rings. The van der Waals surface area contributed by atoms with Gasteiger partial charge in [0.05, 0.1) is 0 Å². The van der Waals surface area contributed by atoms with Crippen molar-refractivity contribution in [1.82, 2.24) is 10.2 Å². The average molecular weight is 237 g/mol. The Morgan fingerprint density at radius 2 is 1.94 bits per heavy atom. The van der Waals surface area contributed by atoms with Crippen molar-refractivity contribution in [2.75, 3.05) is 0 Å². The number of halogens is 1. The predicted molar refractivity (Wildman–Crippen MR) is 63.4 cm³/mol. The molecule has 0 aliphatic rings. The minimum atomic E-state index is -0.254. The zero-order chi connectivity index (χ0) is 11.5. The van der Waals surface area contributed by atoms with Crippen LogP contribution in [0.15, 0.2) is 28.7 Å². The van der Waals surface area contributed by atoms with Gasteiger partial charge in [0.1, 0.15) is 5.38 Å². The Morgan fingerprint density at radius 3 is 2.44 bits per heavy atom. The third-order valence-electron chi connectivity index (χ3n) is 2.39. The normalized spacial score (nSPS) is 12.7. The molecular formula is C12H13ClN2O. The van der Waals surface area contributed by atoms with E-state index >= 15 is 0 Å². The summed E-state index contributed by atoms with van der Waals surface area (Å²) in [5.41, 5.74) is 2.21. The minimum Gasteiger partial charge on any atom is -0.419 e. The molecule has 2 aromatic rings. The zero-order valence-corrected chi connectivity index (χ0v) is 10.0. The summed E-state index contributed by atoms with van der Waals surface area (Å²) in [6, 6.07) is 8.08. The smallest absolute Gasteiger partial charge is 0.247 e. The molecule has 4 heteroatoms. The highest BCUT2D eigenvalue weighted by Crippen LogP contribution is 2.23. The van der Waals surface area contributed by atoms with Crippen molar-refractivity contribution >= 4 is 11.6 Å². The number of alkyl halides is 1. The highest BCUT2D eigenvalue weighted by Gasteiger charge is 2.12. The van der Waals surface area contributed by atoms with E-state index < -0.39 is 0 Å². The summed E-state index contributed by atoms with van der Waals surface area (Å²) in [6.07, 6.45) is 1.02. The van der Waals surface area contributed by atoms with Crippen molar-refractivity contribution in [2.45, 2.75) is 25.6 Å². The van der Waals surface area contributed by atoms with Crippen LogP contribution in [-0.4, -0.2) is 10.2 Å². The summed E-state index contributed by atoms with van der Waals surface area (Å²) in [6.45, 7) is 3.92. The lowest BCUT2D eigenvalue weighted by molar-refractivity contribution is 0.507. The maximum absolute atomic E-state index is 5.86. The van der Waals surface area contributed by atoms with Crippen LogP contribution >= 0.6 is 11.6 Å². The Hall–Kier alpha value is -1.35. The molecule has 0 aliphatic carbocycles. The highest BCUT2D eigenvalue weighted by atomic mass is 35.5. The van der Waals surface area contributed by atoms with Gasteiger partial charge in [-0.3, -0.25) is 0 Å². The van der Waals surface area contributed by atoms with Gasteiger partial charge in [-0.2, -0.15) is 0 Å². The number of hydrogen-bond acceptors (Lipinski definition) is 3. The van der Waals surface area contributed by atoms with Gasteiger partial charge in [-0.1, -0.05) is 19.1 Å². The van der Waals surface area contributed by atoms with Gasteiger partial charge in [0.15, 0.2) is 0 Å². The lowest BCUT2D eigenvalue weighted by Crippen LogP contribution is -1.82. The number of aryl methyl sites for hydroxylation is 1. The number of rotatable bonds is 3. The molecular weight excluding hydrogens is 224 g/mol.